The quantitative estimate of drug-likeness (QED) is 0.631. The van der Waals surface area contributed by atoms with E-state index in [0.29, 0.717) is 6.54 Å². The Morgan fingerprint density at radius 3 is 2.80 bits per heavy atom. The first-order valence-corrected chi connectivity index (χ1v) is 7.87. The summed E-state index contributed by atoms with van der Waals surface area (Å²) >= 11 is 5.21. The molecular weight excluding hydrogens is 340 g/mol. The molecule has 4 nitrogen and oxygen atoms in total. The highest BCUT2D eigenvalue weighted by Crippen LogP contribution is 2.29. The zero-order valence-corrected chi connectivity index (χ0v) is 13.6. The number of rotatable bonds is 5. The van der Waals surface area contributed by atoms with Gasteiger partial charge < -0.3 is 5.32 Å². The van der Waals surface area contributed by atoms with Crippen LogP contribution in [0.5, 0.6) is 0 Å². The zero-order chi connectivity index (χ0) is 14.7. The number of halogens is 1. The highest BCUT2D eigenvalue weighted by Gasteiger charge is 2.15. The molecule has 0 amide bonds. The number of nitrogens with zero attached hydrogens (tertiary/aromatic N) is 1. The van der Waals surface area contributed by atoms with Crippen molar-refractivity contribution in [1.82, 2.24) is 5.32 Å². The number of nitrogens with one attached hydrogen (secondary N) is 1. The van der Waals surface area contributed by atoms with Gasteiger partial charge in [0.2, 0.25) is 0 Å². The number of nitro benzene ring substituents is 1. The van der Waals surface area contributed by atoms with Crippen molar-refractivity contribution in [3.05, 3.63) is 60.2 Å². The van der Waals surface area contributed by atoms with Gasteiger partial charge in [0.15, 0.2) is 0 Å². The first-order chi connectivity index (χ1) is 9.50. The largest absolute Gasteiger partial charge is 0.305 e. The Labute approximate surface area is 130 Å². The highest BCUT2D eigenvalue weighted by molar-refractivity contribution is 9.10. The summed E-state index contributed by atoms with van der Waals surface area (Å²) in [6.45, 7) is 4.49. The van der Waals surface area contributed by atoms with Crippen LogP contribution in [0.3, 0.4) is 0 Å². The van der Waals surface area contributed by atoms with Crippen molar-refractivity contribution < 1.29 is 4.92 Å². The van der Waals surface area contributed by atoms with Crippen molar-refractivity contribution >= 4 is 33.0 Å². The Morgan fingerprint density at radius 1 is 1.45 bits per heavy atom. The molecular formula is C14H15BrN2O2S. The fourth-order valence-corrected chi connectivity index (χ4v) is 3.78. The van der Waals surface area contributed by atoms with Crippen LogP contribution < -0.4 is 5.32 Å². The van der Waals surface area contributed by atoms with Gasteiger partial charge in [0, 0.05) is 33.6 Å². The van der Waals surface area contributed by atoms with Crippen LogP contribution in [0.15, 0.2) is 34.1 Å². The summed E-state index contributed by atoms with van der Waals surface area (Å²) in [5, 5.41) is 16.4. The fraction of sp³-hybridized carbons (Fsp3) is 0.286. The van der Waals surface area contributed by atoms with Crippen LogP contribution in [0.25, 0.3) is 0 Å². The maximum absolute atomic E-state index is 10.9. The number of hydrogen-bond donors (Lipinski definition) is 1. The number of nitro groups is 1. The van der Waals surface area contributed by atoms with Gasteiger partial charge >= 0.3 is 0 Å². The molecule has 1 unspecified atom stereocenters. The van der Waals surface area contributed by atoms with Crippen LogP contribution in [-0.4, -0.2) is 4.92 Å². The molecule has 1 heterocycles. The van der Waals surface area contributed by atoms with E-state index in [0.717, 1.165) is 15.6 Å². The third-order valence-corrected chi connectivity index (χ3v) is 5.30. The van der Waals surface area contributed by atoms with E-state index in [-0.39, 0.29) is 16.7 Å². The minimum Gasteiger partial charge on any atom is -0.305 e. The number of benzene rings is 1. The SMILES string of the molecule is Cc1c(CNC(C)c2sccc2Br)cccc1[N+](=O)[O-]. The molecule has 0 aliphatic rings. The van der Waals surface area contributed by atoms with Crippen molar-refractivity contribution in [2.75, 3.05) is 0 Å². The molecule has 0 saturated carbocycles. The van der Waals surface area contributed by atoms with Gasteiger partial charge in [-0.15, -0.1) is 11.3 Å². The van der Waals surface area contributed by atoms with Gasteiger partial charge in [-0.05, 0) is 46.8 Å². The molecule has 1 atom stereocenters. The summed E-state index contributed by atoms with van der Waals surface area (Å²) in [6, 6.07) is 7.41. The predicted octanol–water partition coefficient (Wildman–Crippen LogP) is 4.58. The van der Waals surface area contributed by atoms with E-state index < -0.39 is 0 Å². The molecule has 6 heteroatoms. The molecule has 0 aliphatic carbocycles. The summed E-state index contributed by atoms with van der Waals surface area (Å²) in [5.41, 5.74) is 1.86. The first-order valence-electron chi connectivity index (χ1n) is 6.20. The molecule has 0 fully saturated rings. The molecule has 0 spiro atoms. The minimum absolute atomic E-state index is 0.175. The van der Waals surface area contributed by atoms with Crippen LogP contribution >= 0.6 is 27.3 Å². The molecule has 0 radical (unpaired) electrons. The lowest BCUT2D eigenvalue weighted by molar-refractivity contribution is -0.385. The standard InChI is InChI=1S/C14H15BrN2O2S/c1-9-11(4-3-5-13(9)17(18)19)8-16-10(2)14-12(15)6-7-20-14/h3-7,10,16H,8H2,1-2H3. The molecule has 0 aliphatic heterocycles. The van der Waals surface area contributed by atoms with Crippen molar-refractivity contribution in [2.24, 2.45) is 0 Å². The zero-order valence-electron chi connectivity index (χ0n) is 11.2. The maximum Gasteiger partial charge on any atom is 0.272 e. The molecule has 2 aromatic rings. The monoisotopic (exact) mass is 354 g/mol. The Bertz CT molecular complexity index is 627. The second kappa shape index (κ2) is 6.47. The molecule has 2 rings (SSSR count). The average Bonchev–Trinajstić information content (AvgIpc) is 2.83. The minimum atomic E-state index is -0.335. The second-order valence-electron chi connectivity index (χ2n) is 4.55. The summed E-state index contributed by atoms with van der Waals surface area (Å²) in [4.78, 5) is 11.8. The Hall–Kier alpha value is -1.24. The van der Waals surface area contributed by atoms with Gasteiger partial charge in [-0.1, -0.05) is 12.1 Å². The highest BCUT2D eigenvalue weighted by atomic mass is 79.9. The van der Waals surface area contributed by atoms with E-state index in [1.807, 2.05) is 17.5 Å². The lowest BCUT2D eigenvalue weighted by Gasteiger charge is -2.14. The van der Waals surface area contributed by atoms with Gasteiger partial charge in [-0.25, -0.2) is 0 Å². The summed E-state index contributed by atoms with van der Waals surface area (Å²) in [6.07, 6.45) is 0. The Kier molecular flexibility index (Phi) is 4.91. The summed E-state index contributed by atoms with van der Waals surface area (Å²) < 4.78 is 1.10. The van der Waals surface area contributed by atoms with Gasteiger partial charge in [-0.3, -0.25) is 10.1 Å². The predicted molar refractivity (Wildman–Crippen MR) is 85.1 cm³/mol. The third kappa shape index (κ3) is 3.26. The Balaban J connectivity index is 2.10. The van der Waals surface area contributed by atoms with Crippen LogP contribution in [0, 0.1) is 17.0 Å². The van der Waals surface area contributed by atoms with E-state index in [9.17, 15) is 10.1 Å². The van der Waals surface area contributed by atoms with Crippen molar-refractivity contribution in [3.63, 3.8) is 0 Å². The van der Waals surface area contributed by atoms with Crippen LogP contribution in [0.1, 0.15) is 29.0 Å². The van der Waals surface area contributed by atoms with Crippen LogP contribution in [0.2, 0.25) is 0 Å². The molecule has 1 aromatic heterocycles. The lowest BCUT2D eigenvalue weighted by atomic mass is 10.1. The van der Waals surface area contributed by atoms with E-state index in [2.05, 4.69) is 28.2 Å². The third-order valence-electron chi connectivity index (χ3n) is 3.25. The summed E-state index contributed by atoms with van der Waals surface area (Å²) in [7, 11) is 0. The number of hydrogen-bond acceptors (Lipinski definition) is 4. The van der Waals surface area contributed by atoms with Crippen molar-refractivity contribution in [1.29, 1.82) is 0 Å². The molecule has 20 heavy (non-hydrogen) atoms. The van der Waals surface area contributed by atoms with Gasteiger partial charge in [-0.2, -0.15) is 0 Å². The van der Waals surface area contributed by atoms with Crippen molar-refractivity contribution in [2.45, 2.75) is 26.4 Å². The molecule has 106 valence electrons. The molecule has 1 N–H and O–H groups in total. The molecule has 0 bridgehead atoms. The average molecular weight is 355 g/mol. The topological polar surface area (TPSA) is 55.2 Å². The Morgan fingerprint density at radius 2 is 2.20 bits per heavy atom. The number of thiophene rings is 1. The molecule has 1 aromatic carbocycles. The van der Waals surface area contributed by atoms with E-state index >= 15 is 0 Å². The van der Waals surface area contributed by atoms with Gasteiger partial charge in [0.25, 0.3) is 5.69 Å². The van der Waals surface area contributed by atoms with E-state index in [4.69, 9.17) is 0 Å². The van der Waals surface area contributed by atoms with Gasteiger partial charge in [0.1, 0.15) is 0 Å². The smallest absolute Gasteiger partial charge is 0.272 e. The van der Waals surface area contributed by atoms with Crippen molar-refractivity contribution in [3.8, 4) is 0 Å². The maximum atomic E-state index is 10.9. The second-order valence-corrected chi connectivity index (χ2v) is 6.36. The molecule has 0 saturated heterocycles. The summed E-state index contributed by atoms with van der Waals surface area (Å²) in [5.74, 6) is 0. The lowest BCUT2D eigenvalue weighted by Crippen LogP contribution is -2.18. The van der Waals surface area contributed by atoms with E-state index in [1.165, 1.54) is 10.9 Å². The first kappa shape index (κ1) is 15.2. The van der Waals surface area contributed by atoms with Crippen LogP contribution in [0.4, 0.5) is 5.69 Å². The normalized spacial score (nSPS) is 12.3. The van der Waals surface area contributed by atoms with Gasteiger partial charge in [0.05, 0.1) is 4.92 Å². The van der Waals surface area contributed by atoms with E-state index in [1.54, 1.807) is 24.3 Å². The van der Waals surface area contributed by atoms with Crippen LogP contribution in [-0.2, 0) is 6.54 Å². The fourth-order valence-electron chi connectivity index (χ4n) is 2.03.